The average Bonchev–Trinajstić information content (AvgIpc) is 2.37. The van der Waals surface area contributed by atoms with Crippen LogP contribution in [0.1, 0.15) is 33.1 Å². The Kier molecular flexibility index (Phi) is 4.73. The van der Waals surface area contributed by atoms with E-state index in [0.717, 1.165) is 19.3 Å². The molecule has 1 aliphatic heterocycles. The summed E-state index contributed by atoms with van der Waals surface area (Å²) in [6.45, 7) is 4.07. The highest BCUT2D eigenvalue weighted by molar-refractivity contribution is 9.10. The predicted molar refractivity (Wildman–Crippen MR) is 83.5 cm³/mol. The minimum absolute atomic E-state index is 0.169. The number of hydrogen-bond acceptors (Lipinski definition) is 4. The SMILES string of the molecule is CC1CCCC(C)N1NS(=O)(=O)c1cc(N)ccc1Br. The molecular formula is C13H20BrN3O2S. The number of nitrogens with zero attached hydrogens (tertiary/aromatic N) is 1. The number of sulfonamides is 1. The molecule has 7 heteroatoms. The fraction of sp³-hybridized carbons (Fsp3) is 0.538. The first-order valence-electron chi connectivity index (χ1n) is 6.67. The Morgan fingerprint density at radius 1 is 1.30 bits per heavy atom. The van der Waals surface area contributed by atoms with Gasteiger partial charge in [0.05, 0.1) is 4.90 Å². The number of nitrogen functional groups attached to an aromatic ring is 1. The summed E-state index contributed by atoms with van der Waals surface area (Å²) in [4.78, 5) is 2.87. The lowest BCUT2D eigenvalue weighted by Crippen LogP contribution is -2.53. The van der Waals surface area contributed by atoms with Gasteiger partial charge >= 0.3 is 0 Å². The molecule has 1 aliphatic rings. The Hall–Kier alpha value is -0.630. The second-order valence-corrected chi connectivity index (χ2v) is 7.80. The van der Waals surface area contributed by atoms with Crippen LogP contribution in [-0.4, -0.2) is 25.5 Å². The molecule has 5 nitrogen and oxygen atoms in total. The molecule has 0 amide bonds. The Labute approximate surface area is 128 Å². The van der Waals surface area contributed by atoms with Crippen LogP contribution in [0.3, 0.4) is 0 Å². The van der Waals surface area contributed by atoms with Crippen molar-refractivity contribution in [3.05, 3.63) is 22.7 Å². The van der Waals surface area contributed by atoms with Gasteiger partial charge in [-0.15, -0.1) is 4.83 Å². The number of anilines is 1. The highest BCUT2D eigenvalue weighted by Gasteiger charge is 2.30. The van der Waals surface area contributed by atoms with Crippen LogP contribution in [0.5, 0.6) is 0 Å². The molecule has 0 spiro atoms. The van der Waals surface area contributed by atoms with E-state index in [0.29, 0.717) is 10.2 Å². The highest BCUT2D eigenvalue weighted by Crippen LogP contribution is 2.26. The van der Waals surface area contributed by atoms with Gasteiger partial charge < -0.3 is 5.73 Å². The standard InChI is InChI=1S/C13H20BrN3O2S/c1-9-4-3-5-10(2)17(9)16-20(18,19)13-8-11(15)6-7-12(13)14/h6-10,16H,3-5,15H2,1-2H3. The van der Waals surface area contributed by atoms with Crippen molar-refractivity contribution in [2.24, 2.45) is 0 Å². The summed E-state index contributed by atoms with van der Waals surface area (Å²) >= 11 is 3.27. The molecule has 1 saturated heterocycles. The van der Waals surface area contributed by atoms with E-state index in [1.54, 1.807) is 12.1 Å². The summed E-state index contributed by atoms with van der Waals surface area (Å²) in [5, 5.41) is 1.83. The van der Waals surface area contributed by atoms with Crippen LogP contribution in [0.2, 0.25) is 0 Å². The van der Waals surface area contributed by atoms with Gasteiger partial charge in [0.25, 0.3) is 10.0 Å². The summed E-state index contributed by atoms with van der Waals surface area (Å²) in [7, 11) is -3.63. The van der Waals surface area contributed by atoms with Gasteiger partial charge in [-0.25, -0.2) is 13.4 Å². The van der Waals surface area contributed by atoms with Gasteiger partial charge in [-0.3, -0.25) is 0 Å². The van der Waals surface area contributed by atoms with Gasteiger partial charge in [0.1, 0.15) is 0 Å². The Balaban J connectivity index is 2.28. The summed E-state index contributed by atoms with van der Waals surface area (Å²) in [5.74, 6) is 0. The quantitative estimate of drug-likeness (QED) is 0.810. The molecule has 0 aliphatic carbocycles. The maximum absolute atomic E-state index is 12.5. The van der Waals surface area contributed by atoms with Crippen molar-refractivity contribution in [1.29, 1.82) is 0 Å². The van der Waals surface area contributed by atoms with Crippen molar-refractivity contribution < 1.29 is 8.42 Å². The molecule has 1 aromatic rings. The molecule has 3 N–H and O–H groups in total. The van der Waals surface area contributed by atoms with Crippen molar-refractivity contribution in [3.63, 3.8) is 0 Å². The third-order valence-corrected chi connectivity index (χ3v) is 5.99. The molecule has 112 valence electrons. The minimum atomic E-state index is -3.63. The lowest BCUT2D eigenvalue weighted by Gasteiger charge is -2.38. The molecule has 0 radical (unpaired) electrons. The second-order valence-electron chi connectivity index (χ2n) is 5.32. The van der Waals surface area contributed by atoms with E-state index >= 15 is 0 Å². The molecular weight excluding hydrogens is 342 g/mol. The Morgan fingerprint density at radius 2 is 1.90 bits per heavy atom. The molecule has 0 bridgehead atoms. The van der Waals surface area contributed by atoms with E-state index in [4.69, 9.17) is 5.73 Å². The van der Waals surface area contributed by atoms with E-state index in [2.05, 4.69) is 20.8 Å². The Morgan fingerprint density at radius 3 is 2.50 bits per heavy atom. The summed E-state index contributed by atoms with van der Waals surface area (Å²) in [6, 6.07) is 5.15. The molecule has 20 heavy (non-hydrogen) atoms. The maximum Gasteiger partial charge on any atom is 0.254 e. The van der Waals surface area contributed by atoms with E-state index in [1.807, 2.05) is 18.9 Å². The molecule has 1 heterocycles. The van der Waals surface area contributed by atoms with Crippen LogP contribution in [0.4, 0.5) is 5.69 Å². The van der Waals surface area contributed by atoms with Crippen LogP contribution in [0.25, 0.3) is 0 Å². The monoisotopic (exact) mass is 361 g/mol. The first-order valence-corrected chi connectivity index (χ1v) is 8.94. The lowest BCUT2D eigenvalue weighted by molar-refractivity contribution is 0.0790. The molecule has 2 unspecified atom stereocenters. The van der Waals surface area contributed by atoms with Crippen LogP contribution >= 0.6 is 15.9 Å². The summed E-state index contributed by atoms with van der Waals surface area (Å²) in [5.41, 5.74) is 6.11. The number of nitrogens with two attached hydrogens (primary N) is 1. The van der Waals surface area contributed by atoms with Crippen molar-refractivity contribution in [2.75, 3.05) is 5.73 Å². The van der Waals surface area contributed by atoms with E-state index in [-0.39, 0.29) is 17.0 Å². The molecule has 1 fully saturated rings. The van der Waals surface area contributed by atoms with Crippen LogP contribution in [0, 0.1) is 0 Å². The van der Waals surface area contributed by atoms with Gasteiger partial charge in [0.15, 0.2) is 0 Å². The van der Waals surface area contributed by atoms with Crippen LogP contribution in [-0.2, 0) is 10.0 Å². The van der Waals surface area contributed by atoms with Crippen molar-refractivity contribution in [3.8, 4) is 0 Å². The zero-order valence-corrected chi connectivity index (χ0v) is 14.0. The number of rotatable bonds is 3. The number of hydrogen-bond donors (Lipinski definition) is 2. The molecule has 0 saturated carbocycles. The summed E-state index contributed by atoms with van der Waals surface area (Å²) < 4.78 is 25.6. The Bertz CT molecular complexity index is 581. The smallest absolute Gasteiger partial charge is 0.254 e. The summed E-state index contributed by atoms with van der Waals surface area (Å²) in [6.07, 6.45) is 3.11. The van der Waals surface area contributed by atoms with Crippen LogP contribution < -0.4 is 10.6 Å². The third kappa shape index (κ3) is 3.33. The first-order chi connectivity index (χ1) is 9.31. The number of benzene rings is 1. The largest absolute Gasteiger partial charge is 0.399 e. The molecule has 0 aromatic heterocycles. The van der Waals surface area contributed by atoms with E-state index < -0.39 is 10.0 Å². The molecule has 2 atom stereocenters. The van der Waals surface area contributed by atoms with E-state index in [1.165, 1.54) is 6.07 Å². The number of halogens is 1. The second kappa shape index (κ2) is 6.01. The highest BCUT2D eigenvalue weighted by atomic mass is 79.9. The number of piperidine rings is 1. The topological polar surface area (TPSA) is 75.4 Å². The lowest BCUT2D eigenvalue weighted by atomic mass is 10.0. The van der Waals surface area contributed by atoms with Gasteiger partial charge in [-0.2, -0.15) is 0 Å². The van der Waals surface area contributed by atoms with Crippen molar-refractivity contribution in [2.45, 2.75) is 50.1 Å². The fourth-order valence-corrected chi connectivity index (χ4v) is 4.75. The van der Waals surface area contributed by atoms with Crippen molar-refractivity contribution in [1.82, 2.24) is 9.84 Å². The van der Waals surface area contributed by atoms with E-state index in [9.17, 15) is 8.42 Å². The van der Waals surface area contributed by atoms with Gasteiger partial charge in [-0.1, -0.05) is 6.42 Å². The normalized spacial score (nSPS) is 24.8. The van der Waals surface area contributed by atoms with Crippen molar-refractivity contribution >= 4 is 31.6 Å². The zero-order chi connectivity index (χ0) is 14.9. The fourth-order valence-electron chi connectivity index (χ4n) is 2.52. The van der Waals surface area contributed by atoms with Gasteiger partial charge in [0.2, 0.25) is 0 Å². The van der Waals surface area contributed by atoms with Gasteiger partial charge in [0, 0.05) is 22.2 Å². The average molecular weight is 362 g/mol. The number of hydrazine groups is 1. The number of nitrogens with one attached hydrogen (secondary N) is 1. The zero-order valence-electron chi connectivity index (χ0n) is 11.6. The minimum Gasteiger partial charge on any atom is -0.399 e. The van der Waals surface area contributed by atoms with Gasteiger partial charge in [-0.05, 0) is 60.8 Å². The maximum atomic E-state index is 12.5. The van der Waals surface area contributed by atoms with Crippen LogP contribution in [0.15, 0.2) is 27.6 Å². The first kappa shape index (κ1) is 15.8. The molecule has 2 rings (SSSR count). The predicted octanol–water partition coefficient (Wildman–Crippen LogP) is 2.49. The third-order valence-electron chi connectivity index (χ3n) is 3.66. The molecule has 1 aromatic carbocycles.